The third-order valence-electron chi connectivity index (χ3n) is 2.97. The Balaban J connectivity index is 0.00000120. The summed E-state index contributed by atoms with van der Waals surface area (Å²) >= 11 is 1.26. The maximum absolute atomic E-state index is 12.3. The fourth-order valence-corrected chi connectivity index (χ4v) is 5.12. The van der Waals surface area contributed by atoms with Crippen molar-refractivity contribution in [2.24, 2.45) is 0 Å². The molecule has 1 aliphatic rings. The van der Waals surface area contributed by atoms with Gasteiger partial charge < -0.3 is 5.32 Å². The third-order valence-corrected chi connectivity index (χ3v) is 6.61. The molecule has 18 heavy (non-hydrogen) atoms. The van der Waals surface area contributed by atoms with Gasteiger partial charge in [0, 0.05) is 6.54 Å². The van der Waals surface area contributed by atoms with E-state index in [1.165, 1.54) is 11.3 Å². The van der Waals surface area contributed by atoms with Crippen LogP contribution in [0.2, 0.25) is 0 Å². The molecule has 4 nitrogen and oxygen atoms in total. The average Bonchev–Trinajstić information content (AvgIpc) is 2.98. The van der Waals surface area contributed by atoms with E-state index in [1.807, 2.05) is 24.3 Å². The molecule has 0 spiro atoms. The maximum atomic E-state index is 12.3. The largest absolute Gasteiger partial charge is 0.315 e. The van der Waals surface area contributed by atoms with Gasteiger partial charge in [0.1, 0.15) is 0 Å². The van der Waals surface area contributed by atoms with Crippen LogP contribution >= 0.6 is 23.7 Å². The van der Waals surface area contributed by atoms with Gasteiger partial charge in [0.2, 0.25) is 14.2 Å². The molecule has 0 saturated carbocycles. The Morgan fingerprint density at radius 1 is 1.33 bits per heavy atom. The summed E-state index contributed by atoms with van der Waals surface area (Å²) < 4.78 is 25.8. The summed E-state index contributed by atoms with van der Waals surface area (Å²) in [5.41, 5.74) is 0.766. The highest BCUT2D eigenvalue weighted by Crippen LogP contribution is 2.29. The van der Waals surface area contributed by atoms with Crippen LogP contribution in [0.5, 0.6) is 0 Å². The van der Waals surface area contributed by atoms with Crippen molar-refractivity contribution in [3.63, 3.8) is 0 Å². The Morgan fingerprint density at radius 3 is 2.78 bits per heavy atom. The second-order valence-electron chi connectivity index (χ2n) is 4.11. The number of sulfone groups is 1. The van der Waals surface area contributed by atoms with Crippen molar-refractivity contribution in [2.45, 2.75) is 16.0 Å². The number of fused-ring (bicyclic) bond motifs is 1. The summed E-state index contributed by atoms with van der Waals surface area (Å²) in [6.07, 6.45) is 0.679. The van der Waals surface area contributed by atoms with Crippen molar-refractivity contribution in [1.29, 1.82) is 0 Å². The first-order chi connectivity index (χ1) is 8.18. The second-order valence-corrected chi connectivity index (χ2v) is 7.54. The van der Waals surface area contributed by atoms with Crippen molar-refractivity contribution in [3.05, 3.63) is 24.3 Å². The fourth-order valence-electron chi connectivity index (χ4n) is 2.01. The first-order valence-electron chi connectivity index (χ1n) is 5.48. The molecule has 3 rings (SSSR count). The molecule has 2 aromatic rings. The van der Waals surface area contributed by atoms with Gasteiger partial charge in [-0.1, -0.05) is 12.1 Å². The van der Waals surface area contributed by atoms with Crippen molar-refractivity contribution in [2.75, 3.05) is 13.1 Å². The molecule has 0 bridgehead atoms. The summed E-state index contributed by atoms with van der Waals surface area (Å²) in [4.78, 5) is 4.23. The Labute approximate surface area is 116 Å². The molecule has 98 valence electrons. The number of thiazole rings is 1. The standard InChI is InChI=1S/C11H12N2O2S2.ClH/c14-17(15,8-5-6-12-7-8)11-13-9-3-1-2-4-10(9)16-11;/h1-4,8,12H,5-7H2;1H/t8-;/m0./s1. The number of nitrogens with zero attached hydrogens (tertiary/aromatic N) is 1. The molecule has 0 radical (unpaired) electrons. The van der Waals surface area contributed by atoms with E-state index in [4.69, 9.17) is 0 Å². The molecule has 7 heteroatoms. The van der Waals surface area contributed by atoms with Gasteiger partial charge in [-0.05, 0) is 25.1 Å². The molecule has 0 amide bonds. The van der Waals surface area contributed by atoms with Gasteiger partial charge >= 0.3 is 0 Å². The molecule has 1 aromatic heterocycles. The number of halogens is 1. The van der Waals surface area contributed by atoms with E-state index in [1.54, 1.807) is 0 Å². The number of hydrogen-bond donors (Lipinski definition) is 1. The molecule has 1 saturated heterocycles. The lowest BCUT2D eigenvalue weighted by atomic mass is 10.3. The van der Waals surface area contributed by atoms with Gasteiger partial charge in [0.05, 0.1) is 15.5 Å². The summed E-state index contributed by atoms with van der Waals surface area (Å²) in [7, 11) is -3.26. The normalized spacial score (nSPS) is 19.9. The first-order valence-corrected chi connectivity index (χ1v) is 7.84. The van der Waals surface area contributed by atoms with Gasteiger partial charge in [-0.25, -0.2) is 13.4 Å². The molecular formula is C11H13ClN2O2S2. The first kappa shape index (κ1) is 13.7. The Morgan fingerprint density at radius 2 is 2.11 bits per heavy atom. The van der Waals surface area contributed by atoms with Crippen LogP contribution in [-0.4, -0.2) is 31.7 Å². The lowest BCUT2D eigenvalue weighted by molar-refractivity contribution is 0.582. The quantitative estimate of drug-likeness (QED) is 0.920. The average molecular weight is 305 g/mol. The number of benzene rings is 1. The highest BCUT2D eigenvalue weighted by atomic mass is 35.5. The van der Waals surface area contributed by atoms with Crippen LogP contribution in [0.15, 0.2) is 28.6 Å². The van der Waals surface area contributed by atoms with Gasteiger partial charge in [0.25, 0.3) is 0 Å². The zero-order valence-corrected chi connectivity index (χ0v) is 11.9. The molecule has 0 unspecified atom stereocenters. The number of nitrogens with one attached hydrogen (secondary N) is 1. The Hall–Kier alpha value is -0.690. The van der Waals surface area contributed by atoms with E-state index in [-0.39, 0.29) is 22.0 Å². The zero-order valence-electron chi connectivity index (χ0n) is 9.50. The molecule has 2 heterocycles. The van der Waals surface area contributed by atoms with E-state index >= 15 is 0 Å². The fraction of sp³-hybridized carbons (Fsp3) is 0.364. The lowest BCUT2D eigenvalue weighted by Crippen LogP contribution is -2.23. The van der Waals surface area contributed by atoms with E-state index < -0.39 is 9.84 Å². The Bertz CT molecular complexity index is 615. The monoisotopic (exact) mass is 304 g/mol. The van der Waals surface area contributed by atoms with Gasteiger partial charge in [-0.15, -0.1) is 23.7 Å². The van der Waals surface area contributed by atoms with Gasteiger partial charge in [0.15, 0.2) is 0 Å². The Kier molecular flexibility index (Phi) is 3.91. The molecule has 1 aliphatic heterocycles. The number of hydrogen-bond acceptors (Lipinski definition) is 5. The molecule has 0 aliphatic carbocycles. The smallest absolute Gasteiger partial charge is 0.210 e. The molecule has 1 aromatic carbocycles. The molecule has 1 fully saturated rings. The molecule has 1 N–H and O–H groups in total. The van der Waals surface area contributed by atoms with Crippen molar-refractivity contribution in [3.8, 4) is 0 Å². The minimum Gasteiger partial charge on any atom is -0.315 e. The van der Waals surface area contributed by atoms with Gasteiger partial charge in [-0.3, -0.25) is 0 Å². The molecule has 1 atom stereocenters. The van der Waals surface area contributed by atoms with E-state index in [0.29, 0.717) is 13.0 Å². The van der Waals surface area contributed by atoms with E-state index in [0.717, 1.165) is 16.8 Å². The van der Waals surface area contributed by atoms with Crippen molar-refractivity contribution < 1.29 is 8.42 Å². The van der Waals surface area contributed by atoms with Crippen molar-refractivity contribution in [1.82, 2.24) is 10.3 Å². The summed E-state index contributed by atoms with van der Waals surface area (Å²) in [5.74, 6) is 0. The number of aromatic nitrogens is 1. The van der Waals surface area contributed by atoms with Crippen molar-refractivity contribution >= 4 is 43.8 Å². The second kappa shape index (κ2) is 5.13. The van der Waals surface area contributed by atoms with Crippen LogP contribution < -0.4 is 5.32 Å². The lowest BCUT2D eigenvalue weighted by Gasteiger charge is -2.06. The van der Waals surface area contributed by atoms with Crippen LogP contribution in [-0.2, 0) is 9.84 Å². The van der Waals surface area contributed by atoms with Crippen LogP contribution in [0.25, 0.3) is 10.2 Å². The van der Waals surface area contributed by atoms with Crippen LogP contribution in [0, 0.1) is 0 Å². The highest BCUT2D eigenvalue weighted by molar-refractivity contribution is 7.94. The number of rotatable bonds is 2. The predicted molar refractivity (Wildman–Crippen MR) is 75.3 cm³/mol. The SMILES string of the molecule is Cl.O=S(=O)(c1nc2ccccc2s1)[C@H]1CCNC1. The van der Waals surface area contributed by atoms with E-state index in [9.17, 15) is 8.42 Å². The predicted octanol–water partition coefficient (Wildman–Crippen LogP) is 1.85. The van der Waals surface area contributed by atoms with Gasteiger partial charge in [-0.2, -0.15) is 0 Å². The third kappa shape index (κ3) is 2.25. The highest BCUT2D eigenvalue weighted by Gasteiger charge is 2.32. The maximum Gasteiger partial charge on any atom is 0.210 e. The van der Waals surface area contributed by atoms with Crippen LogP contribution in [0.3, 0.4) is 0 Å². The summed E-state index contributed by atoms with van der Waals surface area (Å²) in [5, 5.41) is 2.76. The topological polar surface area (TPSA) is 59.1 Å². The number of para-hydroxylation sites is 1. The van der Waals surface area contributed by atoms with Crippen LogP contribution in [0.4, 0.5) is 0 Å². The minimum atomic E-state index is -3.26. The van der Waals surface area contributed by atoms with Crippen LogP contribution in [0.1, 0.15) is 6.42 Å². The summed E-state index contributed by atoms with van der Waals surface area (Å²) in [6.45, 7) is 1.31. The minimum absolute atomic E-state index is 0. The summed E-state index contributed by atoms with van der Waals surface area (Å²) in [6, 6.07) is 7.51. The van der Waals surface area contributed by atoms with E-state index in [2.05, 4.69) is 10.3 Å². The molecular weight excluding hydrogens is 292 g/mol. The zero-order chi connectivity index (χ0) is 11.9.